The van der Waals surface area contributed by atoms with Gasteiger partial charge in [-0.25, -0.2) is 0 Å². The number of imide groups is 1. The van der Waals surface area contributed by atoms with Crippen LogP contribution in [0, 0.1) is 6.92 Å². The van der Waals surface area contributed by atoms with Gasteiger partial charge in [0, 0.05) is 22.7 Å². The van der Waals surface area contributed by atoms with Crippen LogP contribution in [-0.4, -0.2) is 29.2 Å². The van der Waals surface area contributed by atoms with Crippen molar-refractivity contribution in [2.75, 3.05) is 6.54 Å². The van der Waals surface area contributed by atoms with E-state index in [2.05, 4.69) is 5.32 Å². The first-order valence-electron chi connectivity index (χ1n) is 7.83. The third-order valence-corrected chi connectivity index (χ3v) is 4.92. The number of benzene rings is 1. The molecule has 1 aromatic carbocycles. The normalized spacial score (nSPS) is 13.3. The van der Waals surface area contributed by atoms with Gasteiger partial charge in [0.1, 0.15) is 0 Å². The first-order valence-corrected chi connectivity index (χ1v) is 8.65. The highest BCUT2D eigenvalue weighted by molar-refractivity contribution is 7.11. The van der Waals surface area contributed by atoms with Crippen molar-refractivity contribution in [3.63, 3.8) is 0 Å². The maximum absolute atomic E-state index is 12.2. The molecule has 1 aliphatic heterocycles. The Kier molecular flexibility index (Phi) is 4.76. The number of fused-ring (bicyclic) bond motifs is 1. The average molecular weight is 342 g/mol. The molecule has 6 heteroatoms. The second-order valence-electron chi connectivity index (χ2n) is 5.70. The largest absolute Gasteiger partial charge is 0.351 e. The number of hydrogen-bond acceptors (Lipinski definition) is 4. The van der Waals surface area contributed by atoms with E-state index >= 15 is 0 Å². The predicted octanol–water partition coefficient (Wildman–Crippen LogP) is 2.75. The van der Waals surface area contributed by atoms with E-state index in [-0.39, 0.29) is 30.7 Å². The minimum absolute atomic E-state index is 0.0716. The first-order chi connectivity index (χ1) is 11.6. The maximum atomic E-state index is 12.2. The summed E-state index contributed by atoms with van der Waals surface area (Å²) in [5.41, 5.74) is 0.889. The molecule has 0 unspecified atom stereocenters. The van der Waals surface area contributed by atoms with Crippen LogP contribution in [0.15, 0.2) is 36.4 Å². The van der Waals surface area contributed by atoms with Crippen LogP contribution in [0.3, 0.4) is 0 Å². The Labute approximate surface area is 144 Å². The summed E-state index contributed by atoms with van der Waals surface area (Å²) in [6.07, 6.45) is 0.749. The van der Waals surface area contributed by atoms with E-state index < -0.39 is 0 Å². The molecule has 0 saturated heterocycles. The zero-order valence-corrected chi connectivity index (χ0v) is 14.2. The van der Waals surface area contributed by atoms with Crippen LogP contribution in [0.1, 0.15) is 43.3 Å². The van der Waals surface area contributed by atoms with Gasteiger partial charge >= 0.3 is 0 Å². The van der Waals surface area contributed by atoms with Gasteiger partial charge in [0.2, 0.25) is 5.91 Å². The van der Waals surface area contributed by atoms with E-state index in [1.165, 1.54) is 9.78 Å². The molecule has 0 spiro atoms. The fourth-order valence-corrected chi connectivity index (χ4v) is 3.52. The summed E-state index contributed by atoms with van der Waals surface area (Å²) in [5, 5.41) is 2.86. The van der Waals surface area contributed by atoms with E-state index in [1.54, 1.807) is 35.6 Å². The smallest absolute Gasteiger partial charge is 0.261 e. The predicted molar refractivity (Wildman–Crippen MR) is 91.9 cm³/mol. The number of nitrogens with one attached hydrogen (secondary N) is 1. The van der Waals surface area contributed by atoms with Crippen molar-refractivity contribution >= 4 is 29.1 Å². The molecule has 2 heterocycles. The SMILES string of the molecule is Cc1ccc(CNC(=O)CCCN2C(=O)c3ccccc3C2=O)s1. The second-order valence-corrected chi connectivity index (χ2v) is 7.07. The summed E-state index contributed by atoms with van der Waals surface area (Å²) in [7, 11) is 0. The summed E-state index contributed by atoms with van der Waals surface area (Å²) in [6, 6.07) is 10.8. The van der Waals surface area contributed by atoms with Gasteiger partial charge < -0.3 is 5.32 Å². The molecule has 1 aromatic heterocycles. The lowest BCUT2D eigenvalue weighted by molar-refractivity contribution is -0.121. The Hall–Kier alpha value is -2.47. The fraction of sp³-hybridized carbons (Fsp3) is 0.278. The van der Waals surface area contributed by atoms with Gasteiger partial charge in [-0.2, -0.15) is 0 Å². The highest BCUT2D eigenvalue weighted by Gasteiger charge is 2.34. The zero-order chi connectivity index (χ0) is 17.1. The fourth-order valence-electron chi connectivity index (χ4n) is 2.69. The number of rotatable bonds is 6. The van der Waals surface area contributed by atoms with E-state index in [9.17, 15) is 14.4 Å². The van der Waals surface area contributed by atoms with E-state index in [0.717, 1.165) is 4.88 Å². The molecular weight excluding hydrogens is 324 g/mol. The lowest BCUT2D eigenvalue weighted by atomic mass is 10.1. The Morgan fingerprint density at radius 1 is 1.08 bits per heavy atom. The number of carbonyl (C=O) groups excluding carboxylic acids is 3. The van der Waals surface area contributed by atoms with Gasteiger partial charge in [-0.05, 0) is 37.6 Å². The molecule has 24 heavy (non-hydrogen) atoms. The molecule has 0 atom stereocenters. The molecule has 0 saturated carbocycles. The molecule has 0 radical (unpaired) electrons. The number of carbonyl (C=O) groups is 3. The minimum Gasteiger partial charge on any atom is -0.351 e. The molecule has 0 aliphatic carbocycles. The molecule has 5 nitrogen and oxygen atoms in total. The van der Waals surface area contributed by atoms with E-state index in [4.69, 9.17) is 0 Å². The summed E-state index contributed by atoms with van der Waals surface area (Å²) in [5.74, 6) is -0.618. The van der Waals surface area contributed by atoms with Crippen LogP contribution in [0.5, 0.6) is 0 Å². The van der Waals surface area contributed by atoms with Crippen LogP contribution in [0.4, 0.5) is 0 Å². The monoisotopic (exact) mass is 342 g/mol. The highest BCUT2D eigenvalue weighted by atomic mass is 32.1. The third-order valence-electron chi connectivity index (χ3n) is 3.92. The Balaban J connectivity index is 1.46. The number of aryl methyl sites for hydroxylation is 1. The summed E-state index contributed by atoms with van der Waals surface area (Å²) in [4.78, 5) is 39.8. The number of amides is 3. The van der Waals surface area contributed by atoms with Crippen molar-refractivity contribution in [2.24, 2.45) is 0 Å². The molecule has 2 aromatic rings. The quantitative estimate of drug-likeness (QED) is 0.821. The summed E-state index contributed by atoms with van der Waals surface area (Å²) >= 11 is 1.66. The Morgan fingerprint density at radius 2 is 1.75 bits per heavy atom. The highest BCUT2D eigenvalue weighted by Crippen LogP contribution is 2.22. The molecule has 0 bridgehead atoms. The van der Waals surface area contributed by atoms with Crippen LogP contribution in [0.25, 0.3) is 0 Å². The molecule has 0 fully saturated rings. The first kappa shape index (κ1) is 16.4. The molecule has 3 rings (SSSR count). The number of nitrogens with zero attached hydrogens (tertiary/aromatic N) is 1. The Morgan fingerprint density at radius 3 is 2.33 bits per heavy atom. The topological polar surface area (TPSA) is 66.5 Å². The average Bonchev–Trinajstić information content (AvgIpc) is 3.10. The van der Waals surface area contributed by atoms with Crippen molar-refractivity contribution in [1.82, 2.24) is 10.2 Å². The lowest BCUT2D eigenvalue weighted by Gasteiger charge is -2.13. The van der Waals surface area contributed by atoms with Gasteiger partial charge in [-0.3, -0.25) is 19.3 Å². The molecular formula is C18H18N2O3S. The minimum atomic E-state index is -0.273. The van der Waals surface area contributed by atoms with Crippen molar-refractivity contribution in [3.8, 4) is 0 Å². The van der Waals surface area contributed by atoms with Gasteiger partial charge in [0.05, 0.1) is 17.7 Å². The van der Waals surface area contributed by atoms with Gasteiger partial charge in [0.25, 0.3) is 11.8 Å². The van der Waals surface area contributed by atoms with Crippen molar-refractivity contribution < 1.29 is 14.4 Å². The van der Waals surface area contributed by atoms with Gasteiger partial charge in [-0.1, -0.05) is 12.1 Å². The van der Waals surface area contributed by atoms with Crippen LogP contribution >= 0.6 is 11.3 Å². The van der Waals surface area contributed by atoms with Gasteiger partial charge in [-0.15, -0.1) is 11.3 Å². The van der Waals surface area contributed by atoms with Gasteiger partial charge in [0.15, 0.2) is 0 Å². The van der Waals surface area contributed by atoms with Crippen LogP contribution in [-0.2, 0) is 11.3 Å². The van der Waals surface area contributed by atoms with Crippen LogP contribution in [0.2, 0.25) is 0 Å². The van der Waals surface area contributed by atoms with Crippen molar-refractivity contribution in [1.29, 1.82) is 0 Å². The Bertz CT molecular complexity index is 762. The lowest BCUT2D eigenvalue weighted by Crippen LogP contribution is -2.31. The van der Waals surface area contributed by atoms with E-state index in [1.807, 2.05) is 19.1 Å². The van der Waals surface area contributed by atoms with Crippen LogP contribution < -0.4 is 5.32 Å². The molecule has 124 valence electrons. The molecule has 3 amide bonds. The van der Waals surface area contributed by atoms with Crippen molar-refractivity contribution in [2.45, 2.75) is 26.3 Å². The van der Waals surface area contributed by atoms with Crippen molar-refractivity contribution in [3.05, 3.63) is 57.3 Å². The third kappa shape index (κ3) is 3.38. The maximum Gasteiger partial charge on any atom is 0.261 e. The molecule has 1 aliphatic rings. The van der Waals surface area contributed by atoms with E-state index in [0.29, 0.717) is 24.1 Å². The number of thiophene rings is 1. The molecule has 1 N–H and O–H groups in total. The zero-order valence-electron chi connectivity index (χ0n) is 13.4. The second kappa shape index (κ2) is 6.97. The standard InChI is InChI=1S/C18H18N2O3S/c1-12-8-9-13(24-12)11-19-16(21)7-4-10-20-17(22)14-5-2-3-6-15(14)18(20)23/h2-3,5-6,8-9H,4,7,10-11H2,1H3,(H,19,21). The summed E-state index contributed by atoms with van der Waals surface area (Å²) < 4.78 is 0. The number of hydrogen-bond donors (Lipinski definition) is 1. The summed E-state index contributed by atoms with van der Waals surface area (Å²) in [6.45, 7) is 2.81.